The molecule has 3 aromatic rings. The van der Waals surface area contributed by atoms with Gasteiger partial charge in [-0.25, -0.2) is 4.79 Å². The van der Waals surface area contributed by atoms with Crippen LogP contribution in [0.4, 0.5) is 0 Å². The first-order chi connectivity index (χ1) is 21.7. The number of piperazine rings is 1. The Hall–Kier alpha value is -4.22. The molecule has 7 nitrogen and oxygen atoms in total. The van der Waals surface area contributed by atoms with Gasteiger partial charge in [0.25, 0.3) is 0 Å². The zero-order valence-corrected chi connectivity index (χ0v) is 26.8. The molecule has 0 aromatic heterocycles. The summed E-state index contributed by atoms with van der Waals surface area (Å²) in [5.74, 6) is -0.117. The molecule has 1 fully saturated rings. The molecule has 3 aromatic carbocycles. The number of hydrogen-bond donors (Lipinski definition) is 0. The van der Waals surface area contributed by atoms with Gasteiger partial charge in [0.2, 0.25) is 0 Å². The fourth-order valence-corrected chi connectivity index (χ4v) is 6.81. The molecule has 0 spiro atoms. The van der Waals surface area contributed by atoms with Crippen molar-refractivity contribution >= 4 is 29.3 Å². The van der Waals surface area contributed by atoms with E-state index in [1.807, 2.05) is 19.1 Å². The number of methoxy groups -OCH3 is 1. The number of carbonyl (C=O) groups excluding carboxylic acids is 2. The third kappa shape index (κ3) is 6.74. The molecule has 8 heteroatoms. The number of esters is 2. The number of carbonyl (C=O) groups is 2. The number of rotatable bonds is 8. The third-order valence-electron chi connectivity index (χ3n) is 8.76. The van der Waals surface area contributed by atoms with E-state index in [1.165, 1.54) is 18.2 Å². The van der Waals surface area contributed by atoms with Crippen LogP contribution in [0.1, 0.15) is 55.0 Å². The Morgan fingerprint density at radius 1 is 0.911 bits per heavy atom. The summed E-state index contributed by atoms with van der Waals surface area (Å²) in [4.78, 5) is 36.3. The van der Waals surface area contributed by atoms with Crippen molar-refractivity contribution in [3.63, 3.8) is 0 Å². The third-order valence-corrected chi connectivity index (χ3v) is 9.18. The highest BCUT2D eigenvalue weighted by molar-refractivity contribution is 6.32. The first-order valence-electron chi connectivity index (χ1n) is 15.1. The molecule has 0 saturated carbocycles. The number of allylic oxidation sites excluding steroid dienone is 1. The summed E-state index contributed by atoms with van der Waals surface area (Å²) >= 11 is 6.75. The predicted molar refractivity (Wildman–Crippen MR) is 177 cm³/mol. The molecule has 3 unspecified atom stereocenters. The molecule has 0 bridgehead atoms. The molecule has 45 heavy (non-hydrogen) atoms. The van der Waals surface area contributed by atoms with Gasteiger partial charge in [-0.15, -0.1) is 6.42 Å². The van der Waals surface area contributed by atoms with Crippen LogP contribution in [0.25, 0.3) is 0 Å². The Kier molecular flexibility index (Phi) is 10.2. The first-order valence-corrected chi connectivity index (χ1v) is 15.5. The number of aliphatic imine (C=N–C) groups is 1. The second kappa shape index (κ2) is 14.3. The maximum Gasteiger partial charge on any atom is 0.338 e. The van der Waals surface area contributed by atoms with Crippen LogP contribution in [0.5, 0.6) is 0 Å². The summed E-state index contributed by atoms with van der Waals surface area (Å²) in [6, 6.07) is 26.4. The lowest BCUT2D eigenvalue weighted by molar-refractivity contribution is -0.155. The molecule has 232 valence electrons. The Bertz CT molecular complexity index is 1600. The second-order valence-corrected chi connectivity index (χ2v) is 11.8. The average Bonchev–Trinajstić information content (AvgIpc) is 3.05. The number of benzene rings is 3. The Morgan fingerprint density at radius 2 is 1.49 bits per heavy atom. The van der Waals surface area contributed by atoms with E-state index in [2.05, 4.69) is 69.2 Å². The van der Waals surface area contributed by atoms with Gasteiger partial charge >= 0.3 is 11.9 Å². The zero-order chi connectivity index (χ0) is 32.1. The molecule has 0 radical (unpaired) electrons. The van der Waals surface area contributed by atoms with E-state index in [0.717, 1.165) is 13.1 Å². The van der Waals surface area contributed by atoms with Gasteiger partial charge in [0.05, 0.1) is 23.7 Å². The lowest BCUT2D eigenvalue weighted by Crippen LogP contribution is -2.51. The van der Waals surface area contributed by atoms with Crippen LogP contribution < -0.4 is 0 Å². The largest absolute Gasteiger partial charge is 0.468 e. The first kappa shape index (κ1) is 32.2. The molecule has 0 N–H and O–H groups in total. The molecule has 2 heterocycles. The fraction of sp³-hybridized carbons (Fsp3) is 0.324. The Labute approximate surface area is 270 Å². The molecule has 2 aliphatic rings. The van der Waals surface area contributed by atoms with E-state index in [9.17, 15) is 9.59 Å². The SMILES string of the molecule is C#Cc1cccc(C2C(C(=O)OC(C)N3CCN(C(c4ccccc4)c4ccccc4)CC3)=C(C)N=C(C)C2C(=O)OC)c1Cl. The summed E-state index contributed by atoms with van der Waals surface area (Å²) in [6.07, 6.45) is 5.19. The van der Waals surface area contributed by atoms with E-state index in [0.29, 0.717) is 40.6 Å². The standard InChI is InChI=1S/C37H38ClN3O4/c1-6-27-18-13-19-30(34(27)38)33-31(36(42)44-5)24(2)39-25(3)32(33)37(43)45-26(4)40-20-22-41(23-21-40)35(28-14-9-7-10-15-28)29-16-11-8-12-17-29/h1,7-19,26,31,33,35H,20-23H2,2-5H3. The van der Waals surface area contributed by atoms with E-state index in [1.54, 1.807) is 32.0 Å². The number of hydrogen-bond acceptors (Lipinski definition) is 7. The van der Waals surface area contributed by atoms with Crippen LogP contribution in [0.15, 0.2) is 95.1 Å². The van der Waals surface area contributed by atoms with Crippen molar-refractivity contribution in [3.8, 4) is 12.3 Å². The van der Waals surface area contributed by atoms with Crippen molar-refractivity contribution in [2.75, 3.05) is 33.3 Å². The van der Waals surface area contributed by atoms with Crippen LogP contribution in [0.2, 0.25) is 5.02 Å². The molecular formula is C37H38ClN3O4. The molecule has 0 amide bonds. The second-order valence-electron chi connectivity index (χ2n) is 11.4. The van der Waals surface area contributed by atoms with Crippen molar-refractivity contribution in [2.45, 2.75) is 39.0 Å². The molecular weight excluding hydrogens is 586 g/mol. The van der Waals surface area contributed by atoms with Gasteiger partial charge in [-0.1, -0.05) is 90.3 Å². The van der Waals surface area contributed by atoms with Gasteiger partial charge in [0.15, 0.2) is 6.23 Å². The van der Waals surface area contributed by atoms with Gasteiger partial charge in [0.1, 0.15) is 5.92 Å². The number of nitrogens with zero attached hydrogens (tertiary/aromatic N) is 3. The molecule has 1 saturated heterocycles. The molecule has 2 aliphatic heterocycles. The van der Waals surface area contributed by atoms with Crippen molar-refractivity contribution < 1.29 is 19.1 Å². The van der Waals surface area contributed by atoms with Gasteiger partial charge < -0.3 is 9.47 Å². The topological polar surface area (TPSA) is 71.4 Å². The Morgan fingerprint density at radius 3 is 2.04 bits per heavy atom. The summed E-state index contributed by atoms with van der Waals surface area (Å²) in [5, 5.41) is 0.308. The lowest BCUT2D eigenvalue weighted by atomic mass is 9.75. The van der Waals surface area contributed by atoms with Crippen LogP contribution in [0, 0.1) is 18.3 Å². The maximum absolute atomic E-state index is 14.0. The normalized spacial score (nSPS) is 19.9. The van der Waals surface area contributed by atoms with Gasteiger partial charge in [0, 0.05) is 49.1 Å². The minimum atomic E-state index is -0.862. The number of terminal acetylenes is 1. The highest BCUT2D eigenvalue weighted by atomic mass is 35.5. The monoisotopic (exact) mass is 623 g/mol. The summed E-state index contributed by atoms with van der Waals surface area (Å²) < 4.78 is 11.3. The Balaban J connectivity index is 1.36. The van der Waals surface area contributed by atoms with Crippen molar-refractivity contribution in [1.82, 2.24) is 9.80 Å². The zero-order valence-electron chi connectivity index (χ0n) is 26.1. The number of halogens is 1. The van der Waals surface area contributed by atoms with E-state index in [-0.39, 0.29) is 11.6 Å². The van der Waals surface area contributed by atoms with Crippen LogP contribution >= 0.6 is 11.6 Å². The van der Waals surface area contributed by atoms with E-state index >= 15 is 0 Å². The van der Waals surface area contributed by atoms with E-state index < -0.39 is 30.0 Å². The molecule has 3 atom stereocenters. The fourth-order valence-electron chi connectivity index (χ4n) is 6.51. The summed E-state index contributed by atoms with van der Waals surface area (Å²) in [5.41, 5.74) is 4.77. The minimum absolute atomic E-state index is 0.128. The van der Waals surface area contributed by atoms with E-state index in [4.69, 9.17) is 27.5 Å². The van der Waals surface area contributed by atoms with Crippen molar-refractivity contribution in [2.24, 2.45) is 10.9 Å². The van der Waals surface area contributed by atoms with Gasteiger partial charge in [-0.3, -0.25) is 19.6 Å². The highest BCUT2D eigenvalue weighted by Gasteiger charge is 2.44. The summed E-state index contributed by atoms with van der Waals surface area (Å²) in [6.45, 7) is 8.39. The predicted octanol–water partition coefficient (Wildman–Crippen LogP) is 6.24. The van der Waals surface area contributed by atoms with Crippen LogP contribution in [-0.2, 0) is 19.1 Å². The number of ether oxygens (including phenoxy) is 2. The molecule has 5 rings (SSSR count). The van der Waals surface area contributed by atoms with Gasteiger partial charge in [-0.05, 0) is 43.5 Å². The summed E-state index contributed by atoms with van der Waals surface area (Å²) in [7, 11) is 1.32. The lowest BCUT2D eigenvalue weighted by Gasteiger charge is -2.41. The highest BCUT2D eigenvalue weighted by Crippen LogP contribution is 2.43. The quantitative estimate of drug-likeness (QED) is 0.219. The minimum Gasteiger partial charge on any atom is -0.468 e. The maximum atomic E-state index is 14.0. The smallest absolute Gasteiger partial charge is 0.338 e. The van der Waals surface area contributed by atoms with Crippen molar-refractivity contribution in [3.05, 3.63) is 117 Å². The van der Waals surface area contributed by atoms with Crippen molar-refractivity contribution in [1.29, 1.82) is 0 Å². The van der Waals surface area contributed by atoms with Crippen LogP contribution in [-0.4, -0.2) is 67.0 Å². The average molecular weight is 624 g/mol. The van der Waals surface area contributed by atoms with Crippen LogP contribution in [0.3, 0.4) is 0 Å². The van der Waals surface area contributed by atoms with Gasteiger partial charge in [-0.2, -0.15) is 0 Å². The molecule has 0 aliphatic carbocycles.